The first kappa shape index (κ1) is 11.2. The molecule has 2 aliphatic rings. The predicted molar refractivity (Wildman–Crippen MR) is 74.3 cm³/mol. The van der Waals surface area contributed by atoms with Crippen LogP contribution in [0.25, 0.3) is 5.52 Å². The molecule has 2 saturated heterocycles. The molecular weight excluding hydrogens is 238 g/mol. The van der Waals surface area contributed by atoms with E-state index < -0.39 is 0 Å². The molecule has 100 valence electrons. The van der Waals surface area contributed by atoms with Crippen molar-refractivity contribution in [3.63, 3.8) is 0 Å². The van der Waals surface area contributed by atoms with Crippen molar-refractivity contribution in [3.8, 4) is 0 Å². The normalized spacial score (nSPS) is 29.8. The van der Waals surface area contributed by atoms with Gasteiger partial charge in [0.1, 0.15) is 5.52 Å². The van der Waals surface area contributed by atoms with Crippen LogP contribution in [0.1, 0.15) is 31.4 Å². The third kappa shape index (κ3) is 1.98. The van der Waals surface area contributed by atoms with Gasteiger partial charge < -0.3 is 10.6 Å². The Morgan fingerprint density at radius 1 is 1.32 bits per heavy atom. The van der Waals surface area contributed by atoms with Gasteiger partial charge in [-0.3, -0.25) is 0 Å². The Kier molecular flexibility index (Phi) is 2.48. The number of piperidine rings is 1. The lowest BCUT2D eigenvalue weighted by Crippen LogP contribution is -2.43. The van der Waals surface area contributed by atoms with Crippen LogP contribution in [0.2, 0.25) is 0 Å². The van der Waals surface area contributed by atoms with Gasteiger partial charge in [-0.1, -0.05) is 0 Å². The molecular formula is C14H19N5. The van der Waals surface area contributed by atoms with E-state index in [2.05, 4.69) is 26.8 Å². The Morgan fingerprint density at radius 2 is 2.11 bits per heavy atom. The molecule has 2 aromatic rings. The smallest absolute Gasteiger partial charge is 0.152 e. The molecule has 2 atom stereocenters. The van der Waals surface area contributed by atoms with Crippen molar-refractivity contribution in [1.82, 2.24) is 19.9 Å². The molecule has 2 unspecified atom stereocenters. The number of nitrogens with zero attached hydrogens (tertiary/aromatic N) is 3. The van der Waals surface area contributed by atoms with Crippen molar-refractivity contribution >= 4 is 11.3 Å². The number of hydrogen-bond donors (Lipinski definition) is 2. The fourth-order valence-electron chi connectivity index (χ4n) is 3.52. The maximum atomic E-state index is 4.49. The molecule has 0 saturated carbocycles. The van der Waals surface area contributed by atoms with Crippen LogP contribution in [0.5, 0.6) is 0 Å². The lowest BCUT2D eigenvalue weighted by Gasteiger charge is -2.30. The quantitative estimate of drug-likeness (QED) is 0.860. The van der Waals surface area contributed by atoms with Crippen LogP contribution in [-0.4, -0.2) is 32.7 Å². The molecule has 4 rings (SSSR count). The Hall–Kier alpha value is -1.62. The van der Waals surface area contributed by atoms with Crippen molar-refractivity contribution in [2.24, 2.45) is 0 Å². The van der Waals surface area contributed by atoms with E-state index in [1.165, 1.54) is 25.7 Å². The third-order valence-corrected chi connectivity index (χ3v) is 4.33. The number of nitrogens with one attached hydrogen (secondary N) is 2. The monoisotopic (exact) mass is 257 g/mol. The van der Waals surface area contributed by atoms with Crippen molar-refractivity contribution in [2.75, 3.05) is 5.32 Å². The van der Waals surface area contributed by atoms with E-state index in [0.717, 1.165) is 17.0 Å². The highest BCUT2D eigenvalue weighted by Crippen LogP contribution is 2.29. The Balaban J connectivity index is 1.61. The minimum Gasteiger partial charge on any atom is -0.365 e. The summed E-state index contributed by atoms with van der Waals surface area (Å²) < 4.78 is 1.90. The predicted octanol–water partition coefficient (Wildman–Crippen LogP) is 1.73. The van der Waals surface area contributed by atoms with Gasteiger partial charge in [-0.15, -0.1) is 0 Å². The summed E-state index contributed by atoms with van der Waals surface area (Å²) in [6.07, 6.45) is 8.77. The number of fused-ring (bicyclic) bond motifs is 3. The lowest BCUT2D eigenvalue weighted by atomic mass is 10.00. The minimum absolute atomic E-state index is 0.535. The second-order valence-corrected chi connectivity index (χ2v) is 5.84. The van der Waals surface area contributed by atoms with Gasteiger partial charge in [0.25, 0.3) is 0 Å². The number of aryl methyl sites for hydroxylation is 1. The topological polar surface area (TPSA) is 54.2 Å². The number of anilines is 1. The van der Waals surface area contributed by atoms with Crippen molar-refractivity contribution in [2.45, 2.75) is 50.7 Å². The second kappa shape index (κ2) is 4.20. The minimum atomic E-state index is 0.535. The van der Waals surface area contributed by atoms with Crippen molar-refractivity contribution in [3.05, 3.63) is 24.2 Å². The van der Waals surface area contributed by atoms with E-state index in [0.29, 0.717) is 18.1 Å². The van der Waals surface area contributed by atoms with Crippen LogP contribution in [-0.2, 0) is 0 Å². The van der Waals surface area contributed by atoms with E-state index in [4.69, 9.17) is 0 Å². The molecule has 0 spiro atoms. The molecule has 0 aromatic carbocycles. The van der Waals surface area contributed by atoms with Gasteiger partial charge in [-0.2, -0.15) is 5.10 Å². The SMILES string of the molecule is Cc1cc2c(NC3CC4CCC(C3)N4)nccn2n1. The summed E-state index contributed by atoms with van der Waals surface area (Å²) in [5, 5.41) is 11.7. The van der Waals surface area contributed by atoms with Crippen LogP contribution in [0.3, 0.4) is 0 Å². The van der Waals surface area contributed by atoms with Gasteiger partial charge in [0.2, 0.25) is 0 Å². The highest BCUT2D eigenvalue weighted by atomic mass is 15.2. The van der Waals surface area contributed by atoms with Crippen molar-refractivity contribution in [1.29, 1.82) is 0 Å². The summed E-state index contributed by atoms with van der Waals surface area (Å²) in [5.41, 5.74) is 2.10. The first-order chi connectivity index (χ1) is 9.28. The van der Waals surface area contributed by atoms with Crippen LogP contribution < -0.4 is 10.6 Å². The van der Waals surface area contributed by atoms with Gasteiger partial charge in [0.15, 0.2) is 5.82 Å². The van der Waals surface area contributed by atoms with Gasteiger partial charge >= 0.3 is 0 Å². The van der Waals surface area contributed by atoms with Crippen LogP contribution in [0, 0.1) is 6.92 Å². The standard InChI is InChI=1S/C14H19N5/c1-9-6-13-14(15-4-5-19(13)18-9)17-12-7-10-2-3-11(8-12)16-10/h4-6,10-12,16H,2-3,7-8H2,1H3,(H,15,17). The van der Waals surface area contributed by atoms with Crippen LogP contribution in [0.15, 0.2) is 18.5 Å². The maximum Gasteiger partial charge on any atom is 0.152 e. The van der Waals surface area contributed by atoms with E-state index >= 15 is 0 Å². The highest BCUT2D eigenvalue weighted by molar-refractivity contribution is 5.68. The first-order valence-electron chi connectivity index (χ1n) is 7.11. The average molecular weight is 257 g/mol. The first-order valence-corrected chi connectivity index (χ1v) is 7.11. The lowest BCUT2D eigenvalue weighted by molar-refractivity contribution is 0.378. The molecule has 4 heterocycles. The summed E-state index contributed by atoms with van der Waals surface area (Å²) in [6, 6.07) is 4.02. The average Bonchev–Trinajstić information content (AvgIpc) is 2.92. The van der Waals surface area contributed by atoms with Crippen molar-refractivity contribution < 1.29 is 0 Å². The largest absolute Gasteiger partial charge is 0.365 e. The third-order valence-electron chi connectivity index (χ3n) is 4.33. The molecule has 0 amide bonds. The van der Waals surface area contributed by atoms with E-state index in [1.807, 2.05) is 23.8 Å². The highest BCUT2D eigenvalue weighted by Gasteiger charge is 2.33. The molecule has 0 radical (unpaired) electrons. The molecule has 2 N–H and O–H groups in total. The summed E-state index contributed by atoms with van der Waals surface area (Å²) in [4.78, 5) is 4.49. The molecule has 2 bridgehead atoms. The van der Waals surface area contributed by atoms with Gasteiger partial charge in [-0.05, 0) is 38.7 Å². The molecule has 2 fully saturated rings. The number of rotatable bonds is 2. The molecule has 2 aromatic heterocycles. The van der Waals surface area contributed by atoms with Crippen LogP contribution >= 0.6 is 0 Å². The van der Waals surface area contributed by atoms with E-state index in [9.17, 15) is 0 Å². The summed E-state index contributed by atoms with van der Waals surface area (Å²) in [6.45, 7) is 2.02. The fourth-order valence-corrected chi connectivity index (χ4v) is 3.52. The molecule has 2 aliphatic heterocycles. The summed E-state index contributed by atoms with van der Waals surface area (Å²) >= 11 is 0. The second-order valence-electron chi connectivity index (χ2n) is 5.84. The van der Waals surface area contributed by atoms with Crippen LogP contribution in [0.4, 0.5) is 5.82 Å². The zero-order valence-corrected chi connectivity index (χ0v) is 11.1. The van der Waals surface area contributed by atoms with Gasteiger partial charge in [-0.25, -0.2) is 9.50 Å². The Morgan fingerprint density at radius 3 is 2.89 bits per heavy atom. The molecule has 0 aliphatic carbocycles. The van der Waals surface area contributed by atoms with Gasteiger partial charge in [0.05, 0.1) is 5.69 Å². The fraction of sp³-hybridized carbons (Fsp3) is 0.571. The zero-order chi connectivity index (χ0) is 12.8. The maximum absolute atomic E-state index is 4.49. The Bertz CT molecular complexity index is 593. The molecule has 5 nitrogen and oxygen atoms in total. The van der Waals surface area contributed by atoms with E-state index in [1.54, 1.807) is 0 Å². The zero-order valence-electron chi connectivity index (χ0n) is 11.1. The van der Waals surface area contributed by atoms with Gasteiger partial charge in [0, 0.05) is 30.5 Å². The number of hydrogen-bond acceptors (Lipinski definition) is 4. The number of aromatic nitrogens is 3. The van der Waals surface area contributed by atoms with E-state index in [-0.39, 0.29) is 0 Å². The molecule has 19 heavy (non-hydrogen) atoms. The Labute approximate surface area is 112 Å². The molecule has 5 heteroatoms. The summed E-state index contributed by atoms with van der Waals surface area (Å²) in [7, 11) is 0. The summed E-state index contributed by atoms with van der Waals surface area (Å²) in [5.74, 6) is 0.967.